The monoisotopic (exact) mass is 406 g/mol. The Hall–Kier alpha value is -2.18. The van der Waals surface area contributed by atoms with Crippen molar-refractivity contribution < 1.29 is 14.3 Å². The van der Waals surface area contributed by atoms with Crippen LogP contribution in [0.2, 0.25) is 5.02 Å². The van der Waals surface area contributed by atoms with Crippen molar-refractivity contribution in [1.82, 2.24) is 0 Å². The van der Waals surface area contributed by atoms with Gasteiger partial charge in [-0.25, -0.2) is 0 Å². The van der Waals surface area contributed by atoms with Crippen molar-refractivity contribution in [1.29, 1.82) is 0 Å². The SMILES string of the molecule is CCc1ccccc1NC(=O)CSCC(=O)Nc1cc(C)c(Cl)cc1OC. The zero-order chi connectivity index (χ0) is 19.8. The minimum absolute atomic E-state index is 0.131. The summed E-state index contributed by atoms with van der Waals surface area (Å²) in [6, 6.07) is 11.1. The first-order valence-corrected chi connectivity index (χ1v) is 10.1. The van der Waals surface area contributed by atoms with Crippen LogP contribution in [-0.4, -0.2) is 30.4 Å². The quantitative estimate of drug-likeness (QED) is 0.675. The van der Waals surface area contributed by atoms with Crippen LogP contribution in [0, 0.1) is 6.92 Å². The molecule has 7 heteroatoms. The molecule has 0 aliphatic carbocycles. The van der Waals surface area contributed by atoms with Crippen LogP contribution in [0.15, 0.2) is 36.4 Å². The number of carbonyl (C=O) groups is 2. The number of hydrogen-bond acceptors (Lipinski definition) is 4. The van der Waals surface area contributed by atoms with Gasteiger partial charge in [0.25, 0.3) is 0 Å². The molecular formula is C20H23ClN2O3S. The zero-order valence-corrected chi connectivity index (χ0v) is 17.2. The van der Waals surface area contributed by atoms with E-state index >= 15 is 0 Å². The highest BCUT2D eigenvalue weighted by Gasteiger charge is 2.12. The van der Waals surface area contributed by atoms with Crippen LogP contribution in [0.5, 0.6) is 5.75 Å². The molecule has 2 aromatic carbocycles. The Morgan fingerprint density at radius 3 is 2.33 bits per heavy atom. The minimum Gasteiger partial charge on any atom is -0.495 e. The van der Waals surface area contributed by atoms with E-state index in [1.807, 2.05) is 38.1 Å². The Morgan fingerprint density at radius 2 is 1.70 bits per heavy atom. The van der Waals surface area contributed by atoms with E-state index in [0.29, 0.717) is 16.5 Å². The lowest BCUT2D eigenvalue weighted by molar-refractivity contribution is -0.114. The highest BCUT2D eigenvalue weighted by atomic mass is 35.5. The molecule has 0 saturated carbocycles. The van der Waals surface area contributed by atoms with Crippen LogP contribution in [0.3, 0.4) is 0 Å². The number of thioether (sulfide) groups is 1. The molecular weight excluding hydrogens is 384 g/mol. The molecule has 2 amide bonds. The summed E-state index contributed by atoms with van der Waals surface area (Å²) in [6.07, 6.45) is 0.842. The lowest BCUT2D eigenvalue weighted by atomic mass is 10.1. The molecule has 0 radical (unpaired) electrons. The van der Waals surface area contributed by atoms with Gasteiger partial charge in [0.15, 0.2) is 0 Å². The molecule has 27 heavy (non-hydrogen) atoms. The number of amides is 2. The fourth-order valence-corrected chi connectivity index (χ4v) is 3.26. The van der Waals surface area contributed by atoms with Gasteiger partial charge in [0.05, 0.1) is 24.3 Å². The van der Waals surface area contributed by atoms with Gasteiger partial charge in [-0.05, 0) is 36.6 Å². The van der Waals surface area contributed by atoms with E-state index in [9.17, 15) is 9.59 Å². The maximum absolute atomic E-state index is 12.2. The summed E-state index contributed by atoms with van der Waals surface area (Å²) < 4.78 is 5.24. The number of nitrogens with one attached hydrogen (secondary N) is 2. The molecule has 0 spiro atoms. The average Bonchev–Trinajstić information content (AvgIpc) is 2.65. The average molecular weight is 407 g/mol. The third-order valence-corrected chi connectivity index (χ3v) is 5.23. The molecule has 0 aromatic heterocycles. The number of methoxy groups -OCH3 is 1. The number of ether oxygens (including phenoxy) is 1. The van der Waals surface area contributed by atoms with E-state index < -0.39 is 0 Å². The van der Waals surface area contributed by atoms with Gasteiger partial charge >= 0.3 is 0 Å². The lowest BCUT2D eigenvalue weighted by Gasteiger charge is -2.12. The standard InChI is InChI=1S/C20H23ClN2O3S/c1-4-14-7-5-6-8-16(14)22-19(24)11-27-12-20(25)23-17-9-13(2)15(21)10-18(17)26-3/h5-10H,4,11-12H2,1-3H3,(H,22,24)(H,23,25). The van der Waals surface area contributed by atoms with Crippen molar-refractivity contribution in [2.24, 2.45) is 0 Å². The fourth-order valence-electron chi connectivity index (χ4n) is 2.49. The second kappa shape index (κ2) is 10.2. The number of halogens is 1. The first-order chi connectivity index (χ1) is 12.9. The normalized spacial score (nSPS) is 10.4. The Labute approximate surface area is 168 Å². The number of para-hydroxylation sites is 1. The van der Waals surface area contributed by atoms with Gasteiger partial charge in [0.1, 0.15) is 5.75 Å². The van der Waals surface area contributed by atoms with Gasteiger partial charge in [-0.3, -0.25) is 9.59 Å². The molecule has 0 aliphatic heterocycles. The van der Waals surface area contributed by atoms with Crippen LogP contribution < -0.4 is 15.4 Å². The zero-order valence-electron chi connectivity index (χ0n) is 15.6. The molecule has 0 unspecified atom stereocenters. The second-order valence-corrected chi connectivity index (χ2v) is 7.29. The Bertz CT molecular complexity index is 827. The van der Waals surface area contributed by atoms with E-state index in [4.69, 9.17) is 16.3 Å². The molecule has 144 valence electrons. The number of anilines is 2. The van der Waals surface area contributed by atoms with Gasteiger partial charge in [-0.1, -0.05) is 36.7 Å². The number of benzene rings is 2. The molecule has 2 aromatic rings. The Kier molecular flexibility index (Phi) is 8.00. The predicted molar refractivity (Wildman–Crippen MR) is 113 cm³/mol. The van der Waals surface area contributed by atoms with Gasteiger partial charge in [-0.2, -0.15) is 0 Å². The number of carbonyl (C=O) groups excluding carboxylic acids is 2. The predicted octanol–water partition coefficient (Wildman–Crippen LogP) is 4.53. The Balaban J connectivity index is 1.84. The summed E-state index contributed by atoms with van der Waals surface area (Å²) in [6.45, 7) is 3.89. The van der Waals surface area contributed by atoms with Crippen molar-refractivity contribution in [3.05, 3.63) is 52.5 Å². The molecule has 0 heterocycles. The summed E-state index contributed by atoms with van der Waals surface area (Å²) in [5, 5.41) is 6.26. The van der Waals surface area contributed by atoms with Gasteiger partial charge in [-0.15, -0.1) is 11.8 Å². The summed E-state index contributed by atoms with van der Waals surface area (Å²) in [5.74, 6) is 0.517. The van der Waals surface area contributed by atoms with Crippen molar-refractivity contribution in [3.63, 3.8) is 0 Å². The van der Waals surface area contributed by atoms with Crippen LogP contribution in [0.4, 0.5) is 11.4 Å². The highest BCUT2D eigenvalue weighted by molar-refractivity contribution is 8.00. The molecule has 0 aliphatic rings. The highest BCUT2D eigenvalue weighted by Crippen LogP contribution is 2.31. The fraction of sp³-hybridized carbons (Fsp3) is 0.300. The van der Waals surface area contributed by atoms with E-state index in [1.165, 1.54) is 18.9 Å². The number of rotatable bonds is 8. The third kappa shape index (κ3) is 6.19. The van der Waals surface area contributed by atoms with Crippen molar-refractivity contribution in [3.8, 4) is 5.75 Å². The van der Waals surface area contributed by atoms with E-state index in [-0.39, 0.29) is 23.3 Å². The maximum atomic E-state index is 12.2. The second-order valence-electron chi connectivity index (χ2n) is 5.90. The topological polar surface area (TPSA) is 67.4 Å². The molecule has 2 N–H and O–H groups in total. The number of aryl methyl sites for hydroxylation is 2. The van der Waals surface area contributed by atoms with Gasteiger partial charge in [0.2, 0.25) is 11.8 Å². The van der Waals surface area contributed by atoms with Crippen molar-refractivity contribution >= 4 is 46.6 Å². The molecule has 0 bridgehead atoms. The first kappa shape index (κ1) is 21.1. The lowest BCUT2D eigenvalue weighted by Crippen LogP contribution is -2.19. The molecule has 0 fully saturated rings. The van der Waals surface area contributed by atoms with E-state index in [2.05, 4.69) is 10.6 Å². The summed E-state index contributed by atoms with van der Waals surface area (Å²) in [4.78, 5) is 24.3. The van der Waals surface area contributed by atoms with Gasteiger partial charge < -0.3 is 15.4 Å². The molecule has 0 saturated heterocycles. The van der Waals surface area contributed by atoms with Crippen LogP contribution >= 0.6 is 23.4 Å². The summed E-state index contributed by atoms with van der Waals surface area (Å²) >= 11 is 7.32. The Morgan fingerprint density at radius 1 is 1.07 bits per heavy atom. The van der Waals surface area contributed by atoms with Crippen LogP contribution in [0.25, 0.3) is 0 Å². The van der Waals surface area contributed by atoms with E-state index in [0.717, 1.165) is 23.2 Å². The molecule has 2 rings (SSSR count). The third-order valence-electron chi connectivity index (χ3n) is 3.89. The molecule has 0 atom stereocenters. The molecule has 5 nitrogen and oxygen atoms in total. The minimum atomic E-state index is -0.207. The maximum Gasteiger partial charge on any atom is 0.234 e. The van der Waals surface area contributed by atoms with Crippen LogP contribution in [-0.2, 0) is 16.0 Å². The van der Waals surface area contributed by atoms with Crippen molar-refractivity contribution in [2.75, 3.05) is 29.2 Å². The van der Waals surface area contributed by atoms with Crippen molar-refractivity contribution in [2.45, 2.75) is 20.3 Å². The smallest absolute Gasteiger partial charge is 0.234 e. The van der Waals surface area contributed by atoms with Gasteiger partial charge in [0, 0.05) is 16.8 Å². The summed E-state index contributed by atoms with van der Waals surface area (Å²) in [5.41, 5.74) is 3.30. The largest absolute Gasteiger partial charge is 0.495 e. The summed E-state index contributed by atoms with van der Waals surface area (Å²) in [7, 11) is 1.52. The number of hydrogen-bond donors (Lipinski definition) is 2. The van der Waals surface area contributed by atoms with Crippen LogP contribution in [0.1, 0.15) is 18.1 Å². The van der Waals surface area contributed by atoms with E-state index in [1.54, 1.807) is 12.1 Å². The first-order valence-electron chi connectivity index (χ1n) is 8.54.